The van der Waals surface area contributed by atoms with Crippen LogP contribution in [-0.2, 0) is 9.53 Å². The number of carbonyl (C=O) groups excluding carboxylic acids is 2. The van der Waals surface area contributed by atoms with Crippen molar-refractivity contribution < 1.29 is 19.1 Å². The van der Waals surface area contributed by atoms with Gasteiger partial charge in [0, 0.05) is 12.2 Å². The Balaban J connectivity index is 2.17. The Labute approximate surface area is 136 Å². The number of fused-ring (bicyclic) bond motifs is 1. The lowest BCUT2D eigenvalue weighted by Crippen LogP contribution is -2.39. The highest BCUT2D eigenvalue weighted by atomic mass is 16.6. The van der Waals surface area contributed by atoms with E-state index >= 15 is 0 Å². The predicted molar refractivity (Wildman–Crippen MR) is 89.1 cm³/mol. The number of anilines is 2. The minimum atomic E-state index is -0.565. The number of rotatable bonds is 4. The number of ether oxygens (including phenoxy) is 2. The molecule has 0 fully saturated rings. The average Bonchev–Trinajstić information content (AvgIpc) is 2.44. The molecule has 0 spiro atoms. The van der Waals surface area contributed by atoms with E-state index in [9.17, 15) is 9.59 Å². The second-order valence-electron chi connectivity index (χ2n) is 6.50. The lowest BCUT2D eigenvalue weighted by Gasteiger charge is -2.30. The third-order valence-corrected chi connectivity index (χ3v) is 3.28. The Bertz CT molecular complexity index is 593. The van der Waals surface area contributed by atoms with E-state index in [1.54, 1.807) is 43.9 Å². The van der Waals surface area contributed by atoms with Crippen molar-refractivity contribution in [1.82, 2.24) is 0 Å². The van der Waals surface area contributed by atoms with Gasteiger partial charge in [-0.25, -0.2) is 4.79 Å². The lowest BCUT2D eigenvalue weighted by atomic mass is 10.2. The molecule has 2 amide bonds. The number of nitrogens with zero attached hydrogens (tertiary/aromatic N) is 1. The molecule has 2 rings (SSSR count). The molecular formula is C17H24N2O4. The van der Waals surface area contributed by atoms with E-state index in [0.29, 0.717) is 23.7 Å². The van der Waals surface area contributed by atoms with Gasteiger partial charge in [0.15, 0.2) is 6.61 Å². The molecule has 23 heavy (non-hydrogen) atoms. The van der Waals surface area contributed by atoms with Crippen LogP contribution in [0.3, 0.4) is 0 Å². The number of hydrogen-bond donors (Lipinski definition) is 1. The molecule has 0 saturated carbocycles. The van der Waals surface area contributed by atoms with Crippen molar-refractivity contribution >= 4 is 23.4 Å². The first-order valence-corrected chi connectivity index (χ1v) is 7.87. The van der Waals surface area contributed by atoms with Crippen LogP contribution < -0.4 is 15.0 Å². The van der Waals surface area contributed by atoms with Crippen LogP contribution in [0.2, 0.25) is 0 Å². The van der Waals surface area contributed by atoms with Crippen molar-refractivity contribution in [3.05, 3.63) is 18.2 Å². The number of hydrogen-bond acceptors (Lipinski definition) is 4. The fourth-order valence-electron chi connectivity index (χ4n) is 2.26. The van der Waals surface area contributed by atoms with Gasteiger partial charge >= 0.3 is 6.09 Å². The summed E-state index contributed by atoms with van der Waals surface area (Å²) in [6, 6.07) is 5.23. The summed E-state index contributed by atoms with van der Waals surface area (Å²) < 4.78 is 10.7. The Kier molecular flexibility index (Phi) is 5.13. The summed E-state index contributed by atoms with van der Waals surface area (Å²) in [5.41, 5.74) is 0.686. The Morgan fingerprint density at radius 2 is 2.13 bits per heavy atom. The summed E-state index contributed by atoms with van der Waals surface area (Å²) in [4.78, 5) is 25.7. The van der Waals surface area contributed by atoms with Crippen LogP contribution in [0.15, 0.2) is 18.2 Å². The summed E-state index contributed by atoms with van der Waals surface area (Å²) in [5, 5.41) is 2.69. The predicted octanol–water partition coefficient (Wildman–Crippen LogP) is 3.56. The molecule has 126 valence electrons. The van der Waals surface area contributed by atoms with E-state index in [-0.39, 0.29) is 12.5 Å². The Morgan fingerprint density at radius 3 is 2.78 bits per heavy atom. The van der Waals surface area contributed by atoms with Gasteiger partial charge in [-0.05, 0) is 45.4 Å². The smallest absolute Gasteiger partial charge is 0.412 e. The van der Waals surface area contributed by atoms with Crippen LogP contribution in [0.25, 0.3) is 0 Å². The summed E-state index contributed by atoms with van der Waals surface area (Å²) in [5.74, 6) is 0.579. The highest BCUT2D eigenvalue weighted by Crippen LogP contribution is 2.34. The van der Waals surface area contributed by atoms with E-state index < -0.39 is 11.7 Å². The average molecular weight is 320 g/mol. The van der Waals surface area contributed by atoms with E-state index in [1.165, 1.54) is 0 Å². The van der Waals surface area contributed by atoms with E-state index in [0.717, 1.165) is 12.8 Å². The first kappa shape index (κ1) is 17.1. The molecule has 1 N–H and O–H groups in total. The summed E-state index contributed by atoms with van der Waals surface area (Å²) in [7, 11) is 0. The first-order valence-electron chi connectivity index (χ1n) is 7.87. The highest BCUT2D eigenvalue weighted by Gasteiger charge is 2.25. The molecule has 1 aliphatic heterocycles. The van der Waals surface area contributed by atoms with Crippen molar-refractivity contribution in [2.75, 3.05) is 23.4 Å². The Morgan fingerprint density at radius 1 is 1.39 bits per heavy atom. The van der Waals surface area contributed by atoms with E-state index in [1.807, 2.05) is 0 Å². The van der Waals surface area contributed by atoms with Gasteiger partial charge in [0.05, 0.1) is 5.69 Å². The molecule has 1 heterocycles. The van der Waals surface area contributed by atoms with Crippen LogP contribution in [-0.4, -0.2) is 30.8 Å². The minimum Gasteiger partial charge on any atom is -0.482 e. The highest BCUT2D eigenvalue weighted by molar-refractivity contribution is 5.99. The van der Waals surface area contributed by atoms with Gasteiger partial charge in [-0.3, -0.25) is 10.1 Å². The molecule has 0 saturated heterocycles. The number of nitrogens with one attached hydrogen (secondary N) is 1. The van der Waals surface area contributed by atoms with Crippen LogP contribution in [0, 0.1) is 0 Å². The zero-order valence-corrected chi connectivity index (χ0v) is 14.1. The van der Waals surface area contributed by atoms with Crippen molar-refractivity contribution in [3.8, 4) is 5.75 Å². The van der Waals surface area contributed by atoms with Crippen molar-refractivity contribution in [2.24, 2.45) is 0 Å². The van der Waals surface area contributed by atoms with Crippen LogP contribution in [0.4, 0.5) is 16.2 Å². The van der Waals surface area contributed by atoms with Crippen LogP contribution >= 0.6 is 0 Å². The topological polar surface area (TPSA) is 67.9 Å². The molecule has 0 aliphatic carbocycles. The van der Waals surface area contributed by atoms with Gasteiger partial charge in [-0.1, -0.05) is 13.3 Å². The fourth-order valence-corrected chi connectivity index (χ4v) is 2.26. The van der Waals surface area contributed by atoms with Gasteiger partial charge in [0.25, 0.3) is 5.91 Å². The van der Waals surface area contributed by atoms with Crippen LogP contribution in [0.1, 0.15) is 40.5 Å². The molecule has 6 nitrogen and oxygen atoms in total. The molecule has 0 unspecified atom stereocenters. The molecule has 0 aromatic heterocycles. The summed E-state index contributed by atoms with van der Waals surface area (Å²) >= 11 is 0. The first-order chi connectivity index (χ1) is 10.8. The quantitative estimate of drug-likeness (QED) is 0.921. The maximum Gasteiger partial charge on any atom is 0.412 e. The zero-order valence-electron chi connectivity index (χ0n) is 14.1. The van der Waals surface area contributed by atoms with Crippen molar-refractivity contribution in [1.29, 1.82) is 0 Å². The number of amides is 2. The fraction of sp³-hybridized carbons (Fsp3) is 0.529. The summed E-state index contributed by atoms with van der Waals surface area (Å²) in [6.07, 6.45) is 1.38. The van der Waals surface area contributed by atoms with Gasteiger partial charge in [0.2, 0.25) is 0 Å². The molecular weight excluding hydrogens is 296 g/mol. The summed E-state index contributed by atoms with van der Waals surface area (Å²) in [6.45, 7) is 8.18. The second-order valence-corrected chi connectivity index (χ2v) is 6.50. The van der Waals surface area contributed by atoms with E-state index in [4.69, 9.17) is 9.47 Å². The zero-order chi connectivity index (χ0) is 17.0. The minimum absolute atomic E-state index is 0.0511. The molecule has 0 bridgehead atoms. The lowest BCUT2D eigenvalue weighted by molar-refractivity contribution is -0.121. The van der Waals surface area contributed by atoms with E-state index in [2.05, 4.69) is 12.2 Å². The molecule has 1 aromatic rings. The normalized spacial score (nSPS) is 14.1. The van der Waals surface area contributed by atoms with Crippen molar-refractivity contribution in [3.63, 3.8) is 0 Å². The SMILES string of the molecule is CCCCN1C(=O)COc2ccc(NC(=O)OC(C)(C)C)cc21. The maximum absolute atomic E-state index is 12.1. The monoisotopic (exact) mass is 320 g/mol. The van der Waals surface area contributed by atoms with Crippen LogP contribution in [0.5, 0.6) is 5.75 Å². The van der Waals surface area contributed by atoms with Gasteiger partial charge in [0.1, 0.15) is 11.4 Å². The van der Waals surface area contributed by atoms with Gasteiger partial charge < -0.3 is 14.4 Å². The largest absolute Gasteiger partial charge is 0.482 e. The molecule has 0 atom stereocenters. The maximum atomic E-state index is 12.1. The molecule has 1 aliphatic rings. The molecule has 6 heteroatoms. The number of benzene rings is 1. The standard InChI is InChI=1S/C17H24N2O4/c1-5-6-9-19-13-10-12(18-16(21)23-17(2,3)4)7-8-14(13)22-11-15(19)20/h7-8,10H,5-6,9,11H2,1-4H3,(H,18,21). The number of unbranched alkanes of at least 4 members (excludes halogenated alkanes) is 1. The second kappa shape index (κ2) is 6.89. The number of carbonyl (C=O) groups is 2. The molecule has 1 aromatic carbocycles. The molecule has 0 radical (unpaired) electrons. The Hall–Kier alpha value is -2.24. The third-order valence-electron chi connectivity index (χ3n) is 3.28. The third kappa shape index (κ3) is 4.61. The van der Waals surface area contributed by atoms with Crippen molar-refractivity contribution in [2.45, 2.75) is 46.1 Å². The van der Waals surface area contributed by atoms with Gasteiger partial charge in [-0.15, -0.1) is 0 Å². The van der Waals surface area contributed by atoms with Gasteiger partial charge in [-0.2, -0.15) is 0 Å².